The maximum Gasteiger partial charge on any atom is 0.253 e. The summed E-state index contributed by atoms with van der Waals surface area (Å²) in [7, 11) is 0. The highest BCUT2D eigenvalue weighted by molar-refractivity contribution is 7.24. The van der Waals surface area contributed by atoms with Gasteiger partial charge >= 0.3 is 0 Å². The van der Waals surface area contributed by atoms with Crippen molar-refractivity contribution in [1.82, 2.24) is 9.88 Å². The maximum absolute atomic E-state index is 13.2. The first-order chi connectivity index (χ1) is 16.1. The Morgan fingerprint density at radius 2 is 1.76 bits per heavy atom. The van der Waals surface area contributed by atoms with Gasteiger partial charge in [-0.25, -0.2) is 9.37 Å². The number of benzene rings is 1. The number of hydrogen-bond acceptors (Lipinski definition) is 6. The van der Waals surface area contributed by atoms with Crippen molar-refractivity contribution in [3.05, 3.63) is 70.7 Å². The first kappa shape index (κ1) is 21.9. The van der Waals surface area contributed by atoms with Crippen LogP contribution in [0.5, 0.6) is 0 Å². The lowest BCUT2D eigenvalue weighted by atomic mass is 9.96. The van der Waals surface area contributed by atoms with Crippen LogP contribution in [0, 0.1) is 11.7 Å². The third-order valence-corrected chi connectivity index (χ3v) is 8.42. The molecule has 3 aromatic heterocycles. The molecule has 5 nitrogen and oxygen atoms in total. The number of thiophene rings is 2. The van der Waals surface area contributed by atoms with Crippen LogP contribution in [0.25, 0.3) is 20.3 Å². The van der Waals surface area contributed by atoms with Crippen molar-refractivity contribution in [3.63, 3.8) is 0 Å². The largest absolute Gasteiger partial charge is 0.338 e. The molecule has 1 saturated heterocycles. The molecule has 0 radical (unpaired) electrons. The summed E-state index contributed by atoms with van der Waals surface area (Å²) in [5.74, 6) is -1.00. The number of amides is 2. The van der Waals surface area contributed by atoms with Crippen molar-refractivity contribution in [1.29, 1.82) is 0 Å². The number of nitrogens with zero attached hydrogens (tertiary/aromatic N) is 2. The van der Waals surface area contributed by atoms with Crippen LogP contribution in [0.15, 0.2) is 59.3 Å². The maximum atomic E-state index is 13.2. The van der Waals surface area contributed by atoms with Crippen LogP contribution in [-0.4, -0.2) is 34.8 Å². The van der Waals surface area contributed by atoms with Gasteiger partial charge < -0.3 is 10.2 Å². The Morgan fingerprint density at radius 1 is 1.03 bits per heavy atom. The van der Waals surface area contributed by atoms with Crippen molar-refractivity contribution in [3.8, 4) is 20.3 Å². The van der Waals surface area contributed by atoms with E-state index in [1.165, 1.54) is 35.6 Å². The van der Waals surface area contributed by atoms with E-state index >= 15 is 0 Å². The van der Waals surface area contributed by atoms with Crippen LogP contribution in [-0.2, 0) is 4.79 Å². The molecule has 168 valence electrons. The summed E-state index contributed by atoms with van der Waals surface area (Å²) in [6.07, 6.45) is 1.45. The molecule has 5 rings (SSSR count). The molecule has 0 aliphatic carbocycles. The number of halogens is 1. The number of nitrogens with one attached hydrogen (secondary N) is 1. The van der Waals surface area contributed by atoms with Crippen LogP contribution in [0.4, 0.5) is 9.52 Å². The lowest BCUT2D eigenvalue weighted by Crippen LogP contribution is -2.43. The zero-order valence-electron chi connectivity index (χ0n) is 17.5. The number of carbonyl (C=O) groups is 2. The Labute approximate surface area is 202 Å². The number of thiazole rings is 1. The Balaban J connectivity index is 1.32. The molecule has 0 bridgehead atoms. The minimum atomic E-state index is -0.380. The van der Waals surface area contributed by atoms with Crippen molar-refractivity contribution >= 4 is 51.0 Å². The smallest absolute Gasteiger partial charge is 0.253 e. The van der Waals surface area contributed by atoms with E-state index in [1.54, 1.807) is 27.6 Å². The first-order valence-corrected chi connectivity index (χ1v) is 13.1. The van der Waals surface area contributed by atoms with E-state index in [0.717, 1.165) is 26.7 Å². The number of piperidine rings is 1. The minimum absolute atomic E-state index is 0.129. The van der Waals surface area contributed by atoms with E-state index in [-0.39, 0.29) is 23.5 Å². The number of rotatable bonds is 5. The molecule has 1 atom stereocenters. The third-order valence-electron chi connectivity index (χ3n) is 5.53. The van der Waals surface area contributed by atoms with Gasteiger partial charge in [0.25, 0.3) is 5.91 Å². The highest BCUT2D eigenvalue weighted by Gasteiger charge is 2.30. The Kier molecular flexibility index (Phi) is 6.34. The molecule has 1 aromatic carbocycles. The highest BCUT2D eigenvalue weighted by Crippen LogP contribution is 2.42. The van der Waals surface area contributed by atoms with Crippen molar-refractivity contribution in [2.45, 2.75) is 12.8 Å². The fraction of sp³-hybridized carbons (Fsp3) is 0.208. The standard InChI is InChI=1S/C24H20FN3O2S3/c25-17-9-7-15(8-10-17)23(30)28-11-1-4-16(14-28)22(29)27-24-26-20(18-5-2-12-31-18)21(33-24)19-6-3-13-32-19/h2-3,5-10,12-13,16H,1,4,11,14H2,(H,26,27,29)/t16-/m1/s1. The zero-order chi connectivity index (χ0) is 22.8. The van der Waals surface area contributed by atoms with E-state index < -0.39 is 0 Å². The summed E-state index contributed by atoms with van der Waals surface area (Å²) < 4.78 is 13.2. The second kappa shape index (κ2) is 9.54. The quantitative estimate of drug-likeness (QED) is 0.356. The molecule has 1 N–H and O–H groups in total. The molecular formula is C24H20FN3O2S3. The van der Waals surface area contributed by atoms with Crippen LogP contribution < -0.4 is 5.32 Å². The average molecular weight is 498 g/mol. The van der Waals surface area contributed by atoms with Crippen LogP contribution in [0.2, 0.25) is 0 Å². The predicted octanol–water partition coefficient (Wildman–Crippen LogP) is 6.23. The predicted molar refractivity (Wildman–Crippen MR) is 132 cm³/mol. The average Bonchev–Trinajstić information content (AvgIpc) is 3.60. The van der Waals surface area contributed by atoms with E-state index in [4.69, 9.17) is 4.98 Å². The summed E-state index contributed by atoms with van der Waals surface area (Å²) in [6.45, 7) is 0.922. The van der Waals surface area contributed by atoms with Crippen molar-refractivity contribution in [2.24, 2.45) is 5.92 Å². The van der Waals surface area contributed by atoms with Gasteiger partial charge in [-0.1, -0.05) is 23.5 Å². The Bertz CT molecular complexity index is 1200. The number of likely N-dealkylation sites (tertiary alicyclic amines) is 1. The lowest BCUT2D eigenvalue weighted by molar-refractivity contribution is -0.121. The summed E-state index contributed by atoms with van der Waals surface area (Å²) in [5, 5.41) is 7.60. The summed E-state index contributed by atoms with van der Waals surface area (Å²) in [6, 6.07) is 13.6. The van der Waals surface area contributed by atoms with Gasteiger partial charge in [0.05, 0.1) is 15.7 Å². The fourth-order valence-electron chi connectivity index (χ4n) is 3.89. The Morgan fingerprint density at radius 3 is 2.45 bits per heavy atom. The SMILES string of the molecule is O=C(Nc1nc(-c2cccs2)c(-c2cccs2)s1)[C@@H]1CCCN(C(=O)c2ccc(F)cc2)C1. The molecule has 1 aliphatic heterocycles. The van der Waals surface area contributed by atoms with E-state index in [9.17, 15) is 14.0 Å². The molecule has 0 saturated carbocycles. The Hall–Kier alpha value is -2.88. The number of carbonyl (C=O) groups excluding carboxylic acids is 2. The lowest BCUT2D eigenvalue weighted by Gasteiger charge is -2.32. The van der Waals surface area contributed by atoms with Crippen molar-refractivity contribution in [2.75, 3.05) is 18.4 Å². The summed E-state index contributed by atoms with van der Waals surface area (Å²) >= 11 is 4.73. The van der Waals surface area contributed by atoms with E-state index in [1.807, 2.05) is 29.0 Å². The molecule has 0 unspecified atom stereocenters. The van der Waals surface area contributed by atoms with Crippen LogP contribution in [0.3, 0.4) is 0 Å². The highest BCUT2D eigenvalue weighted by atomic mass is 32.1. The van der Waals surface area contributed by atoms with Crippen LogP contribution in [0.1, 0.15) is 23.2 Å². The molecule has 4 aromatic rings. The molecule has 1 aliphatic rings. The number of anilines is 1. The third kappa shape index (κ3) is 4.75. The topological polar surface area (TPSA) is 62.3 Å². The second-order valence-electron chi connectivity index (χ2n) is 7.74. The van der Waals surface area contributed by atoms with Crippen LogP contribution >= 0.6 is 34.0 Å². The van der Waals surface area contributed by atoms with Gasteiger partial charge in [-0.05, 0) is 60.0 Å². The molecule has 4 heterocycles. The monoisotopic (exact) mass is 497 g/mol. The van der Waals surface area contributed by atoms with Gasteiger partial charge in [-0.3, -0.25) is 9.59 Å². The van der Waals surface area contributed by atoms with E-state index in [2.05, 4.69) is 11.4 Å². The summed E-state index contributed by atoms with van der Waals surface area (Å²) in [4.78, 5) is 35.5. The molecule has 9 heteroatoms. The number of hydrogen-bond donors (Lipinski definition) is 1. The minimum Gasteiger partial charge on any atom is -0.338 e. The normalized spacial score (nSPS) is 16.0. The molecular weight excluding hydrogens is 477 g/mol. The fourth-order valence-corrected chi connectivity index (χ4v) is 6.51. The van der Waals surface area contributed by atoms with Gasteiger partial charge in [0.1, 0.15) is 11.5 Å². The van der Waals surface area contributed by atoms with Crippen molar-refractivity contribution < 1.29 is 14.0 Å². The first-order valence-electron chi connectivity index (χ1n) is 10.5. The molecule has 1 fully saturated rings. The van der Waals surface area contributed by atoms with Gasteiger partial charge in [0.15, 0.2) is 5.13 Å². The number of aromatic nitrogens is 1. The molecule has 33 heavy (non-hydrogen) atoms. The molecule has 0 spiro atoms. The zero-order valence-corrected chi connectivity index (χ0v) is 19.9. The van der Waals surface area contributed by atoms with Gasteiger partial charge in [0.2, 0.25) is 5.91 Å². The van der Waals surface area contributed by atoms with Gasteiger partial charge in [-0.2, -0.15) is 0 Å². The molecule has 2 amide bonds. The summed E-state index contributed by atoms with van der Waals surface area (Å²) in [5.41, 5.74) is 1.31. The second-order valence-corrected chi connectivity index (χ2v) is 10.6. The van der Waals surface area contributed by atoms with E-state index in [0.29, 0.717) is 30.2 Å². The van der Waals surface area contributed by atoms with Gasteiger partial charge in [0, 0.05) is 23.5 Å². The van der Waals surface area contributed by atoms with Gasteiger partial charge in [-0.15, -0.1) is 22.7 Å².